The van der Waals surface area contributed by atoms with E-state index in [9.17, 15) is 24.0 Å². The number of carbonyl (C=O) groups is 5. The molecule has 2 fully saturated rings. The number of rotatable bonds is 20. The van der Waals surface area contributed by atoms with Gasteiger partial charge in [0.05, 0.1) is 12.3 Å². The molecule has 4 N–H and O–H groups in total. The van der Waals surface area contributed by atoms with Crippen LogP contribution in [-0.2, 0) is 25.7 Å². The van der Waals surface area contributed by atoms with Gasteiger partial charge in [-0.1, -0.05) is 33.7 Å². The first-order chi connectivity index (χ1) is 33.5. The maximum atomic E-state index is 15.1. The fourth-order valence-corrected chi connectivity index (χ4v) is 10.4. The van der Waals surface area contributed by atoms with Crippen LogP contribution in [0.1, 0.15) is 88.0 Å². The number of hydrazone groups is 1. The van der Waals surface area contributed by atoms with Crippen LogP contribution < -0.4 is 35.9 Å². The minimum absolute atomic E-state index is 0.0185. The van der Waals surface area contributed by atoms with Gasteiger partial charge < -0.3 is 35.4 Å². The number of aromatic nitrogens is 1. The highest BCUT2D eigenvalue weighted by molar-refractivity contribution is 8.77. The Morgan fingerprint density at radius 2 is 1.76 bits per heavy atom. The molecule has 15 nitrogen and oxygen atoms in total. The summed E-state index contributed by atoms with van der Waals surface area (Å²) < 4.78 is 37.1. The molecule has 0 unspecified atom stereocenters. The monoisotopic (exact) mass is 967 g/mol. The molecule has 5 amide bonds. The van der Waals surface area contributed by atoms with Crippen molar-refractivity contribution in [2.75, 3.05) is 74.3 Å². The number of benzene rings is 3. The molecule has 0 bridgehead atoms. The summed E-state index contributed by atoms with van der Waals surface area (Å²) in [6, 6.07) is 20.5. The first-order valence-corrected chi connectivity index (χ1v) is 25.1. The molecular formula is C50H60FN9O6S2. The lowest BCUT2D eigenvalue weighted by atomic mass is 10.00. The Bertz CT molecular complexity index is 2570. The lowest BCUT2D eigenvalue weighted by Crippen LogP contribution is -2.48. The third-order valence-corrected chi connectivity index (χ3v) is 15.1. The molecule has 3 aliphatic rings. The predicted molar refractivity (Wildman–Crippen MR) is 268 cm³/mol. The molecule has 1 saturated heterocycles. The first-order valence-electron chi connectivity index (χ1n) is 23.8. The van der Waals surface area contributed by atoms with Crippen molar-refractivity contribution in [2.24, 2.45) is 11.0 Å². The average molecular weight is 968 g/mol. The minimum Gasteiger partial charge on any atom is -0.494 e. The Kier molecular flexibility index (Phi) is 16.0. The van der Waals surface area contributed by atoms with Gasteiger partial charge >= 0.3 is 0 Å². The van der Waals surface area contributed by atoms with E-state index in [4.69, 9.17) is 7.48 Å². The quantitative estimate of drug-likeness (QED) is 0.0419. The van der Waals surface area contributed by atoms with Gasteiger partial charge in [-0.15, -0.1) is 0 Å². The number of piperazine rings is 1. The first kappa shape index (κ1) is 46.9. The zero-order valence-corrected chi connectivity index (χ0v) is 40.4. The van der Waals surface area contributed by atoms with Gasteiger partial charge in [0.1, 0.15) is 11.6 Å². The molecule has 360 valence electrons. The molecule has 1 aliphatic carbocycles. The lowest BCUT2D eigenvalue weighted by Gasteiger charge is -2.36. The lowest BCUT2D eigenvalue weighted by molar-refractivity contribution is -0.131. The molecular weight excluding hydrogens is 906 g/mol. The van der Waals surface area contributed by atoms with Crippen LogP contribution in [-0.4, -0.2) is 109 Å². The summed E-state index contributed by atoms with van der Waals surface area (Å²) in [5.41, 5.74) is 7.84. The van der Waals surface area contributed by atoms with Crippen LogP contribution in [0.4, 0.5) is 21.5 Å². The summed E-state index contributed by atoms with van der Waals surface area (Å²) in [6.07, 6.45) is 3.71. The average Bonchev–Trinajstić information content (AvgIpc) is 3.95. The van der Waals surface area contributed by atoms with Crippen molar-refractivity contribution in [3.63, 3.8) is 0 Å². The molecule has 7 rings (SSSR count). The highest BCUT2D eigenvalue weighted by atomic mass is 33.1. The van der Waals surface area contributed by atoms with E-state index in [0.717, 1.165) is 35.3 Å². The standard InChI is InChI=1S/C50H60FN9O6S2/c1-50(2,30-46(62)57-56-43-17-20-58(4)44-28-38(15-16-39(43)44)66-25-6-8-45(61)52-3)68-67-26-18-47(63)60-23-21-59(22-24-60)37-13-10-33(11-14-37)48(64)54-32-35-9-12-36(27-42(35)51)55-49(65)41-29-40(41)34-7-5-19-53-31-34/h5,7,9-16,19,27-28,31,40-41H,6,8,17-18,20-26,29-30,32H2,1-4H3,(H,52,61)(H,54,64)(H,55,65)(H,57,62)/b56-43+/t40-,41+/m1/s1/i29D2. The number of pyridine rings is 1. The van der Waals surface area contributed by atoms with Gasteiger partial charge in [-0.2, -0.15) is 5.10 Å². The maximum Gasteiger partial charge on any atom is 0.251 e. The van der Waals surface area contributed by atoms with Crippen molar-refractivity contribution in [2.45, 2.75) is 69.5 Å². The fraction of sp³-hybridized carbons (Fsp3) is 0.420. The number of ether oxygens (including phenoxy) is 1. The topological polar surface area (TPSA) is 178 Å². The second-order valence-corrected chi connectivity index (χ2v) is 20.6. The number of nitrogens with one attached hydrogen (secondary N) is 4. The van der Waals surface area contributed by atoms with Crippen LogP contribution in [0.5, 0.6) is 5.75 Å². The van der Waals surface area contributed by atoms with E-state index < -0.39 is 34.7 Å². The summed E-state index contributed by atoms with van der Waals surface area (Å²) in [6.45, 7) is 7.52. The van der Waals surface area contributed by atoms with Gasteiger partial charge in [0.15, 0.2) is 0 Å². The normalized spacial score (nSPS) is 18.4. The van der Waals surface area contributed by atoms with E-state index in [1.165, 1.54) is 12.1 Å². The number of hydrogen-bond acceptors (Lipinski definition) is 12. The molecule has 18 heteroatoms. The van der Waals surface area contributed by atoms with Crippen molar-refractivity contribution in [3.05, 3.63) is 113 Å². The van der Waals surface area contributed by atoms with Crippen LogP contribution in [0.3, 0.4) is 0 Å². The zero-order valence-electron chi connectivity index (χ0n) is 40.8. The second-order valence-electron chi connectivity index (χ2n) is 17.5. The van der Waals surface area contributed by atoms with Gasteiger partial charge in [0.25, 0.3) is 5.91 Å². The third kappa shape index (κ3) is 13.7. The van der Waals surface area contributed by atoms with Crippen molar-refractivity contribution >= 4 is 73.9 Å². The van der Waals surface area contributed by atoms with Crippen molar-refractivity contribution < 1.29 is 35.8 Å². The molecule has 2 atom stereocenters. The van der Waals surface area contributed by atoms with Crippen LogP contribution in [0.25, 0.3) is 0 Å². The largest absolute Gasteiger partial charge is 0.494 e. The van der Waals surface area contributed by atoms with Crippen molar-refractivity contribution in [1.29, 1.82) is 0 Å². The summed E-state index contributed by atoms with van der Waals surface area (Å²) in [7, 11) is 6.79. The third-order valence-electron chi connectivity index (χ3n) is 11.9. The van der Waals surface area contributed by atoms with E-state index in [1.54, 1.807) is 65.3 Å². The van der Waals surface area contributed by atoms with Gasteiger partial charge in [-0.3, -0.25) is 29.0 Å². The molecule has 1 saturated carbocycles. The summed E-state index contributed by atoms with van der Waals surface area (Å²) >= 11 is 0. The van der Waals surface area contributed by atoms with Crippen LogP contribution in [0, 0.1) is 11.7 Å². The number of amides is 5. The second kappa shape index (κ2) is 23.2. The molecule has 3 aromatic carbocycles. The number of nitrogens with zero attached hydrogens (tertiary/aromatic N) is 5. The number of fused-ring (bicyclic) bond motifs is 1. The highest BCUT2D eigenvalue weighted by Gasteiger charge is 2.44. The van der Waals surface area contributed by atoms with Crippen LogP contribution >= 0.6 is 21.6 Å². The number of halogens is 1. The zero-order chi connectivity index (χ0) is 50.0. The molecule has 4 aromatic rings. The molecule has 3 heterocycles. The number of hydrogen-bond donors (Lipinski definition) is 4. The van der Waals surface area contributed by atoms with Gasteiger partial charge in [-0.25, -0.2) is 9.82 Å². The molecule has 2 aliphatic heterocycles. The molecule has 1 aromatic heterocycles. The molecule has 68 heavy (non-hydrogen) atoms. The fourth-order valence-electron chi connectivity index (χ4n) is 7.94. The Balaban J connectivity index is 0.779. The highest BCUT2D eigenvalue weighted by Crippen LogP contribution is 2.47. The predicted octanol–water partition coefficient (Wildman–Crippen LogP) is 6.75. The summed E-state index contributed by atoms with van der Waals surface area (Å²) in [5.74, 6) is -1.89. The Morgan fingerprint density at radius 1 is 0.971 bits per heavy atom. The van der Waals surface area contributed by atoms with Crippen LogP contribution in [0.2, 0.25) is 0 Å². The minimum atomic E-state index is -1.74. The summed E-state index contributed by atoms with van der Waals surface area (Å²) in [4.78, 5) is 73.8. The molecule has 0 radical (unpaired) electrons. The smallest absolute Gasteiger partial charge is 0.251 e. The summed E-state index contributed by atoms with van der Waals surface area (Å²) in [5, 5.41) is 12.5. The number of carbonyl (C=O) groups excluding carboxylic acids is 5. The SMILES string of the molecule is [2H]C1([2H])[C@H](C(=O)Nc2ccc(CNC(=O)c3ccc(N4CCN(C(=O)CCSSC(C)(C)CC(=O)N/N=C5\CCN(C)c6cc(OCCCC(=O)NC)ccc65)CC4)cc3)c(F)c2)[C@H]1c1cccnc1. The Labute approximate surface area is 408 Å². The van der Waals surface area contributed by atoms with E-state index in [2.05, 4.69) is 41.3 Å². The van der Waals surface area contributed by atoms with Crippen LogP contribution in [0.15, 0.2) is 90.3 Å². The van der Waals surface area contributed by atoms with Gasteiger partial charge in [0, 0.05) is 150 Å². The number of anilines is 3. The Morgan fingerprint density at radius 3 is 2.50 bits per heavy atom. The van der Waals surface area contributed by atoms with E-state index in [-0.39, 0.29) is 47.8 Å². The maximum absolute atomic E-state index is 15.1. The van der Waals surface area contributed by atoms with Gasteiger partial charge in [-0.05, 0) is 92.7 Å². The van der Waals surface area contributed by atoms with Crippen molar-refractivity contribution in [1.82, 2.24) is 25.9 Å². The van der Waals surface area contributed by atoms with Crippen molar-refractivity contribution in [3.8, 4) is 5.75 Å². The van der Waals surface area contributed by atoms with E-state index >= 15 is 4.39 Å². The van der Waals surface area contributed by atoms with Gasteiger partial charge in [0.2, 0.25) is 23.6 Å². The molecule has 0 spiro atoms. The Hall–Kier alpha value is -6.14. The van der Waals surface area contributed by atoms with E-state index in [0.29, 0.717) is 81.1 Å². The van der Waals surface area contributed by atoms with E-state index in [1.807, 2.05) is 56.1 Å².